The van der Waals surface area contributed by atoms with Gasteiger partial charge in [-0.3, -0.25) is 14.6 Å². The van der Waals surface area contributed by atoms with Gasteiger partial charge in [-0.25, -0.2) is 4.79 Å². The Morgan fingerprint density at radius 3 is 2.60 bits per heavy atom. The third kappa shape index (κ3) is 5.71. The Morgan fingerprint density at radius 2 is 1.89 bits per heavy atom. The molecule has 0 atom stereocenters. The molecule has 0 radical (unpaired) electrons. The summed E-state index contributed by atoms with van der Waals surface area (Å²) in [5, 5.41) is 5.78. The number of aryl methyl sites for hydroxylation is 1. The van der Waals surface area contributed by atoms with Crippen LogP contribution in [0.1, 0.15) is 42.5 Å². The third-order valence-electron chi connectivity index (χ3n) is 5.22. The van der Waals surface area contributed by atoms with Crippen molar-refractivity contribution in [3.05, 3.63) is 63.7 Å². The number of amides is 2. The number of pyridine rings is 2. The highest BCUT2D eigenvalue weighted by atomic mass is 16.7. The van der Waals surface area contributed by atoms with Crippen molar-refractivity contribution in [2.45, 2.75) is 46.4 Å². The molecule has 0 spiro atoms. The molecule has 0 unspecified atom stereocenters. The Bertz CT molecular complexity index is 1340. The number of nitrogens with one attached hydrogen (secondary N) is 2. The quantitative estimate of drug-likeness (QED) is 0.556. The van der Waals surface area contributed by atoms with Crippen molar-refractivity contribution in [3.8, 4) is 11.5 Å². The summed E-state index contributed by atoms with van der Waals surface area (Å²) < 4.78 is 17.9. The molecule has 0 aliphatic carbocycles. The second kappa shape index (κ2) is 9.65. The van der Waals surface area contributed by atoms with E-state index in [1.807, 2.05) is 19.1 Å². The maximum absolute atomic E-state index is 13.3. The molecule has 1 aliphatic heterocycles. The van der Waals surface area contributed by atoms with Gasteiger partial charge < -0.3 is 29.4 Å². The molecule has 2 amide bonds. The molecule has 1 aliphatic rings. The van der Waals surface area contributed by atoms with Gasteiger partial charge >= 0.3 is 6.09 Å². The molecular weight excluding hydrogens is 452 g/mol. The second-order valence-corrected chi connectivity index (χ2v) is 9.17. The van der Waals surface area contributed by atoms with Crippen LogP contribution in [0.15, 0.2) is 41.3 Å². The first-order valence-electron chi connectivity index (χ1n) is 11.2. The van der Waals surface area contributed by atoms with Crippen LogP contribution in [0.3, 0.4) is 0 Å². The molecule has 10 nitrogen and oxygen atoms in total. The number of carbonyl (C=O) groups is 2. The van der Waals surface area contributed by atoms with E-state index in [1.54, 1.807) is 43.5 Å². The predicted octanol–water partition coefficient (Wildman–Crippen LogP) is 2.89. The highest BCUT2D eigenvalue weighted by molar-refractivity contribution is 5.97. The van der Waals surface area contributed by atoms with Gasteiger partial charge in [0.05, 0.1) is 23.1 Å². The van der Waals surface area contributed by atoms with Crippen molar-refractivity contribution < 1.29 is 23.8 Å². The van der Waals surface area contributed by atoms with E-state index in [2.05, 4.69) is 15.6 Å². The molecule has 1 aromatic carbocycles. The molecule has 10 heteroatoms. The summed E-state index contributed by atoms with van der Waals surface area (Å²) in [6, 6.07) is 8.80. The average molecular weight is 481 g/mol. The minimum atomic E-state index is -0.622. The number of alkyl carbamates (subject to hydrolysis) is 1. The number of benzene rings is 1. The van der Waals surface area contributed by atoms with E-state index in [1.165, 1.54) is 6.20 Å². The Kier molecular flexibility index (Phi) is 6.63. The number of nitrogens with zero attached hydrogens (tertiary/aromatic N) is 2. The summed E-state index contributed by atoms with van der Waals surface area (Å²) in [7, 11) is 0. The zero-order chi connectivity index (χ0) is 25.2. The lowest BCUT2D eigenvalue weighted by atomic mass is 10.1. The molecule has 2 N–H and O–H groups in total. The minimum absolute atomic E-state index is 0.0266. The van der Waals surface area contributed by atoms with Gasteiger partial charge in [-0.15, -0.1) is 0 Å². The normalized spacial score (nSPS) is 12.5. The van der Waals surface area contributed by atoms with Crippen LogP contribution in [0.2, 0.25) is 0 Å². The number of rotatable bonds is 6. The second-order valence-electron chi connectivity index (χ2n) is 9.17. The maximum atomic E-state index is 13.3. The molecule has 2 aromatic heterocycles. The molecule has 0 bridgehead atoms. The summed E-state index contributed by atoms with van der Waals surface area (Å²) in [6.45, 7) is 7.94. The smallest absolute Gasteiger partial charge is 0.407 e. The zero-order valence-electron chi connectivity index (χ0n) is 20.1. The van der Waals surface area contributed by atoms with Gasteiger partial charge in [-0.05, 0) is 45.9 Å². The average Bonchev–Trinajstić information content (AvgIpc) is 3.24. The molecule has 0 saturated heterocycles. The zero-order valence-corrected chi connectivity index (χ0v) is 20.1. The van der Waals surface area contributed by atoms with Crippen molar-refractivity contribution in [2.24, 2.45) is 0 Å². The lowest BCUT2D eigenvalue weighted by Crippen LogP contribution is -2.34. The summed E-state index contributed by atoms with van der Waals surface area (Å²) >= 11 is 0. The van der Waals surface area contributed by atoms with Crippen molar-refractivity contribution in [2.75, 3.05) is 13.3 Å². The lowest BCUT2D eigenvalue weighted by Gasteiger charge is -2.20. The molecular formula is C25H28N4O6. The van der Waals surface area contributed by atoms with Gasteiger partial charge in [0, 0.05) is 31.0 Å². The standard InChI is InChI=1S/C25H28N4O6/c1-15-6-5-7-16(28-15)12-27-23(31)18-13-29(9-8-26-24(32)35-25(2,3)4)19-11-21-20(33-14-34-21)10-17(19)22(18)30/h5-7,10-11,13H,8-9,12,14H2,1-4H3,(H,26,32)(H,27,31). The van der Waals surface area contributed by atoms with Crippen molar-refractivity contribution in [1.82, 2.24) is 20.2 Å². The first-order valence-corrected chi connectivity index (χ1v) is 11.2. The van der Waals surface area contributed by atoms with E-state index in [9.17, 15) is 14.4 Å². The van der Waals surface area contributed by atoms with Crippen LogP contribution in [-0.2, 0) is 17.8 Å². The van der Waals surface area contributed by atoms with E-state index in [0.717, 1.165) is 5.69 Å². The molecule has 4 rings (SSSR count). The monoisotopic (exact) mass is 480 g/mol. The molecule has 0 saturated carbocycles. The predicted molar refractivity (Wildman–Crippen MR) is 129 cm³/mol. The Balaban J connectivity index is 1.61. The van der Waals surface area contributed by atoms with E-state index in [4.69, 9.17) is 14.2 Å². The van der Waals surface area contributed by atoms with E-state index in [-0.39, 0.29) is 32.0 Å². The van der Waals surface area contributed by atoms with E-state index in [0.29, 0.717) is 28.1 Å². The Morgan fingerprint density at radius 1 is 1.14 bits per heavy atom. The van der Waals surface area contributed by atoms with Crippen LogP contribution in [-0.4, -0.2) is 40.5 Å². The van der Waals surface area contributed by atoms with Crippen LogP contribution in [0.5, 0.6) is 11.5 Å². The van der Waals surface area contributed by atoms with Gasteiger partial charge in [0.25, 0.3) is 5.91 Å². The van der Waals surface area contributed by atoms with E-state index >= 15 is 0 Å². The topological polar surface area (TPSA) is 121 Å². The minimum Gasteiger partial charge on any atom is -0.454 e. The molecule has 3 heterocycles. The summed E-state index contributed by atoms with van der Waals surface area (Å²) in [5.74, 6) is 0.426. The fraction of sp³-hybridized carbons (Fsp3) is 0.360. The highest BCUT2D eigenvalue weighted by Crippen LogP contribution is 2.35. The highest BCUT2D eigenvalue weighted by Gasteiger charge is 2.21. The molecule has 0 fully saturated rings. The van der Waals surface area contributed by atoms with Crippen molar-refractivity contribution >= 4 is 22.9 Å². The number of carbonyl (C=O) groups excluding carboxylic acids is 2. The first-order chi connectivity index (χ1) is 16.6. The van der Waals surface area contributed by atoms with Gasteiger partial charge in [0.1, 0.15) is 11.2 Å². The Hall–Kier alpha value is -4.08. The maximum Gasteiger partial charge on any atom is 0.407 e. The van der Waals surface area contributed by atoms with Crippen LogP contribution >= 0.6 is 0 Å². The van der Waals surface area contributed by atoms with Gasteiger partial charge in [0.2, 0.25) is 12.2 Å². The largest absolute Gasteiger partial charge is 0.454 e. The van der Waals surface area contributed by atoms with Gasteiger partial charge in [0.15, 0.2) is 11.5 Å². The van der Waals surface area contributed by atoms with Gasteiger partial charge in [-0.1, -0.05) is 6.07 Å². The van der Waals surface area contributed by atoms with Crippen molar-refractivity contribution in [3.63, 3.8) is 0 Å². The fourth-order valence-electron chi connectivity index (χ4n) is 3.68. The van der Waals surface area contributed by atoms with Gasteiger partial charge in [-0.2, -0.15) is 0 Å². The van der Waals surface area contributed by atoms with Crippen molar-refractivity contribution in [1.29, 1.82) is 0 Å². The fourth-order valence-corrected chi connectivity index (χ4v) is 3.68. The van der Waals surface area contributed by atoms with Crippen LogP contribution in [0.25, 0.3) is 10.9 Å². The summed E-state index contributed by atoms with van der Waals surface area (Å²) in [5.41, 5.74) is 0.999. The summed E-state index contributed by atoms with van der Waals surface area (Å²) in [6.07, 6.45) is 0.937. The molecule has 184 valence electrons. The number of hydrogen-bond acceptors (Lipinski definition) is 7. The van der Waals surface area contributed by atoms with Crippen LogP contribution < -0.4 is 25.5 Å². The third-order valence-corrected chi connectivity index (χ3v) is 5.22. The number of ether oxygens (including phenoxy) is 3. The van der Waals surface area contributed by atoms with Crippen LogP contribution in [0.4, 0.5) is 4.79 Å². The lowest BCUT2D eigenvalue weighted by molar-refractivity contribution is 0.0526. The number of aromatic nitrogens is 2. The van der Waals surface area contributed by atoms with Crippen LogP contribution in [0, 0.1) is 6.92 Å². The Labute approximate surface area is 202 Å². The summed E-state index contributed by atoms with van der Waals surface area (Å²) in [4.78, 5) is 42.7. The number of fused-ring (bicyclic) bond motifs is 2. The number of hydrogen-bond donors (Lipinski definition) is 2. The SMILES string of the molecule is Cc1cccc(CNC(=O)c2cn(CCNC(=O)OC(C)(C)C)c3cc4c(cc3c2=O)OCO4)n1. The molecule has 35 heavy (non-hydrogen) atoms. The van der Waals surface area contributed by atoms with E-state index < -0.39 is 23.0 Å². The molecule has 3 aromatic rings. The first kappa shape index (κ1) is 24.1.